The fraction of sp³-hybridized carbons (Fsp3) is 0.545. The Balaban J connectivity index is 2.49. The van der Waals surface area contributed by atoms with E-state index in [2.05, 4.69) is 5.32 Å². The van der Waals surface area contributed by atoms with Crippen molar-refractivity contribution in [2.24, 2.45) is 0 Å². The molecule has 4 nitrogen and oxygen atoms in total. The van der Waals surface area contributed by atoms with Crippen molar-refractivity contribution in [2.45, 2.75) is 38.8 Å². The van der Waals surface area contributed by atoms with Crippen molar-refractivity contribution in [1.29, 1.82) is 0 Å². The monoisotopic (exact) mass is 211 g/mol. The number of carbonyl (C=O) groups is 1. The molecule has 0 saturated heterocycles. The summed E-state index contributed by atoms with van der Waals surface area (Å²) < 4.78 is 5.19. The fourth-order valence-corrected chi connectivity index (χ4v) is 1.46. The second-order valence-electron chi connectivity index (χ2n) is 4.26. The van der Waals surface area contributed by atoms with E-state index in [-0.39, 0.29) is 6.04 Å². The van der Waals surface area contributed by atoms with E-state index in [1.165, 1.54) is 0 Å². The van der Waals surface area contributed by atoms with Crippen molar-refractivity contribution in [3.05, 3.63) is 24.2 Å². The highest BCUT2D eigenvalue weighted by Gasteiger charge is 2.28. The van der Waals surface area contributed by atoms with Crippen molar-refractivity contribution in [3.8, 4) is 0 Å². The van der Waals surface area contributed by atoms with Crippen LogP contribution < -0.4 is 5.32 Å². The third-order valence-corrected chi connectivity index (χ3v) is 2.23. The SMILES string of the molecule is CC(Cc1ccco1)NC(C)(C)C(=O)O. The van der Waals surface area contributed by atoms with Gasteiger partial charge >= 0.3 is 5.97 Å². The van der Waals surface area contributed by atoms with E-state index in [9.17, 15) is 4.79 Å². The van der Waals surface area contributed by atoms with E-state index < -0.39 is 11.5 Å². The third kappa shape index (κ3) is 3.40. The molecule has 15 heavy (non-hydrogen) atoms. The molecule has 0 aliphatic heterocycles. The number of furan rings is 1. The molecule has 1 rings (SSSR count). The van der Waals surface area contributed by atoms with Crippen LogP contribution in [0.5, 0.6) is 0 Å². The van der Waals surface area contributed by atoms with Crippen molar-refractivity contribution >= 4 is 5.97 Å². The summed E-state index contributed by atoms with van der Waals surface area (Å²) in [6, 6.07) is 3.76. The van der Waals surface area contributed by atoms with Crippen LogP contribution >= 0.6 is 0 Å². The second kappa shape index (κ2) is 4.49. The summed E-state index contributed by atoms with van der Waals surface area (Å²) >= 11 is 0. The zero-order valence-corrected chi connectivity index (χ0v) is 9.28. The summed E-state index contributed by atoms with van der Waals surface area (Å²) in [5.41, 5.74) is -0.911. The van der Waals surface area contributed by atoms with E-state index in [1.54, 1.807) is 20.1 Å². The van der Waals surface area contributed by atoms with Gasteiger partial charge in [0.25, 0.3) is 0 Å². The third-order valence-electron chi connectivity index (χ3n) is 2.23. The topological polar surface area (TPSA) is 62.5 Å². The maximum atomic E-state index is 10.9. The first-order valence-electron chi connectivity index (χ1n) is 4.95. The summed E-state index contributed by atoms with van der Waals surface area (Å²) in [6.07, 6.45) is 2.30. The summed E-state index contributed by atoms with van der Waals surface area (Å²) in [7, 11) is 0. The van der Waals surface area contributed by atoms with E-state index in [4.69, 9.17) is 9.52 Å². The molecular weight excluding hydrogens is 194 g/mol. The quantitative estimate of drug-likeness (QED) is 0.777. The molecule has 4 heteroatoms. The molecule has 84 valence electrons. The molecule has 1 unspecified atom stereocenters. The predicted octanol–water partition coefficient (Wildman–Crippen LogP) is 1.66. The summed E-state index contributed by atoms with van der Waals surface area (Å²) in [6.45, 7) is 5.23. The lowest BCUT2D eigenvalue weighted by atomic mass is 10.0. The molecule has 0 saturated carbocycles. The lowest BCUT2D eigenvalue weighted by Gasteiger charge is -2.25. The van der Waals surface area contributed by atoms with Crippen LogP contribution in [0.2, 0.25) is 0 Å². The van der Waals surface area contributed by atoms with Gasteiger partial charge in [0.05, 0.1) is 6.26 Å². The van der Waals surface area contributed by atoms with Gasteiger partial charge in [0.15, 0.2) is 0 Å². The predicted molar refractivity (Wildman–Crippen MR) is 56.7 cm³/mol. The van der Waals surface area contributed by atoms with Crippen LogP contribution in [0.15, 0.2) is 22.8 Å². The Kier molecular flexibility index (Phi) is 3.52. The first kappa shape index (κ1) is 11.8. The van der Waals surface area contributed by atoms with E-state index in [0.29, 0.717) is 6.42 Å². The molecule has 0 aliphatic carbocycles. The molecule has 0 bridgehead atoms. The molecule has 0 aliphatic rings. The van der Waals surface area contributed by atoms with Crippen LogP contribution in [0.4, 0.5) is 0 Å². The number of aliphatic carboxylic acids is 1. The number of rotatable bonds is 5. The van der Waals surface area contributed by atoms with Gasteiger partial charge in [-0.1, -0.05) is 0 Å². The van der Waals surface area contributed by atoms with Gasteiger partial charge in [-0.15, -0.1) is 0 Å². The average molecular weight is 211 g/mol. The Morgan fingerprint density at radius 3 is 2.80 bits per heavy atom. The molecule has 0 amide bonds. The summed E-state index contributed by atoms with van der Waals surface area (Å²) in [5.74, 6) is 0.00461. The number of hydrogen-bond acceptors (Lipinski definition) is 3. The molecule has 1 atom stereocenters. The van der Waals surface area contributed by atoms with Gasteiger partial charge in [0.2, 0.25) is 0 Å². The molecule has 0 fully saturated rings. The van der Waals surface area contributed by atoms with E-state index in [0.717, 1.165) is 5.76 Å². The molecule has 1 aromatic rings. The van der Waals surface area contributed by atoms with Crippen molar-refractivity contribution in [3.63, 3.8) is 0 Å². The van der Waals surface area contributed by atoms with Gasteiger partial charge in [0, 0.05) is 12.5 Å². The minimum Gasteiger partial charge on any atom is -0.480 e. The molecule has 0 spiro atoms. The van der Waals surface area contributed by atoms with Crippen molar-refractivity contribution in [1.82, 2.24) is 5.32 Å². The molecule has 1 heterocycles. The zero-order chi connectivity index (χ0) is 11.5. The average Bonchev–Trinajstić information content (AvgIpc) is 2.54. The molecule has 0 aromatic carbocycles. The Morgan fingerprint density at radius 2 is 2.33 bits per heavy atom. The molecule has 2 N–H and O–H groups in total. The minimum atomic E-state index is -0.911. The lowest BCUT2D eigenvalue weighted by Crippen LogP contribution is -2.51. The number of carboxylic acid groups (broad SMARTS) is 1. The van der Waals surface area contributed by atoms with Crippen LogP contribution in [-0.4, -0.2) is 22.7 Å². The van der Waals surface area contributed by atoms with Crippen molar-refractivity contribution < 1.29 is 14.3 Å². The van der Waals surface area contributed by atoms with E-state index >= 15 is 0 Å². The van der Waals surface area contributed by atoms with Crippen LogP contribution in [-0.2, 0) is 11.2 Å². The highest BCUT2D eigenvalue weighted by molar-refractivity contribution is 5.77. The Labute approximate surface area is 89.3 Å². The van der Waals surface area contributed by atoms with Gasteiger partial charge in [0.1, 0.15) is 11.3 Å². The minimum absolute atomic E-state index is 0.0576. The lowest BCUT2D eigenvalue weighted by molar-refractivity contribution is -0.143. The van der Waals surface area contributed by atoms with Gasteiger partial charge < -0.3 is 9.52 Å². The smallest absolute Gasteiger partial charge is 0.323 e. The number of carboxylic acids is 1. The Bertz CT molecular complexity index is 317. The van der Waals surface area contributed by atoms with Crippen LogP contribution in [0.3, 0.4) is 0 Å². The van der Waals surface area contributed by atoms with Gasteiger partial charge in [-0.2, -0.15) is 0 Å². The number of nitrogens with one attached hydrogen (secondary N) is 1. The maximum absolute atomic E-state index is 10.9. The first-order chi connectivity index (χ1) is 6.92. The zero-order valence-electron chi connectivity index (χ0n) is 9.28. The van der Waals surface area contributed by atoms with Gasteiger partial charge in [-0.3, -0.25) is 10.1 Å². The number of hydrogen-bond donors (Lipinski definition) is 2. The highest BCUT2D eigenvalue weighted by atomic mass is 16.4. The standard InChI is InChI=1S/C11H17NO3/c1-8(7-9-5-4-6-15-9)12-11(2,3)10(13)14/h4-6,8,12H,7H2,1-3H3,(H,13,14). The Hall–Kier alpha value is -1.29. The van der Waals surface area contributed by atoms with Gasteiger partial charge in [-0.25, -0.2) is 0 Å². The summed E-state index contributed by atoms with van der Waals surface area (Å²) in [4.78, 5) is 10.9. The van der Waals surface area contributed by atoms with E-state index in [1.807, 2.05) is 19.1 Å². The van der Waals surface area contributed by atoms with Crippen LogP contribution in [0.1, 0.15) is 26.5 Å². The Morgan fingerprint density at radius 1 is 1.67 bits per heavy atom. The molecule has 1 aromatic heterocycles. The van der Waals surface area contributed by atoms with Gasteiger partial charge in [-0.05, 0) is 32.9 Å². The van der Waals surface area contributed by atoms with Crippen LogP contribution in [0, 0.1) is 0 Å². The first-order valence-corrected chi connectivity index (χ1v) is 4.95. The van der Waals surface area contributed by atoms with Crippen molar-refractivity contribution in [2.75, 3.05) is 0 Å². The largest absolute Gasteiger partial charge is 0.480 e. The normalized spacial score (nSPS) is 13.8. The molecule has 0 radical (unpaired) electrons. The van der Waals surface area contributed by atoms with Crippen LogP contribution in [0.25, 0.3) is 0 Å². The molecular formula is C11H17NO3. The maximum Gasteiger partial charge on any atom is 0.323 e. The second-order valence-corrected chi connectivity index (χ2v) is 4.26. The fourth-order valence-electron chi connectivity index (χ4n) is 1.46. The summed E-state index contributed by atoms with van der Waals surface area (Å²) in [5, 5.41) is 12.0. The highest BCUT2D eigenvalue weighted by Crippen LogP contribution is 2.08.